The van der Waals surface area contributed by atoms with Crippen molar-refractivity contribution in [2.45, 2.75) is 50.4 Å². The van der Waals surface area contributed by atoms with E-state index >= 15 is 0 Å². The number of piperidine rings is 1. The number of para-hydroxylation sites is 1. The van der Waals surface area contributed by atoms with Gasteiger partial charge in [-0.2, -0.15) is 0 Å². The summed E-state index contributed by atoms with van der Waals surface area (Å²) in [4.78, 5) is 17.5. The Hall–Kier alpha value is -1.67. The van der Waals surface area contributed by atoms with Gasteiger partial charge in [-0.05, 0) is 44.4 Å². The van der Waals surface area contributed by atoms with Crippen molar-refractivity contribution in [3.05, 3.63) is 29.8 Å². The lowest BCUT2D eigenvalue weighted by atomic mass is 9.87. The Morgan fingerprint density at radius 1 is 1.00 bits per heavy atom. The fourth-order valence-electron chi connectivity index (χ4n) is 5.67. The van der Waals surface area contributed by atoms with Crippen molar-refractivity contribution in [1.82, 2.24) is 9.80 Å². The van der Waals surface area contributed by atoms with Crippen LogP contribution in [-0.2, 0) is 14.2 Å². The predicted octanol–water partition coefficient (Wildman–Crippen LogP) is 2.94. The molecule has 4 aliphatic rings. The van der Waals surface area contributed by atoms with Crippen LogP contribution in [0.3, 0.4) is 0 Å². The maximum absolute atomic E-state index is 13.0. The van der Waals surface area contributed by atoms with E-state index in [4.69, 9.17) is 18.9 Å². The molecule has 7 nitrogen and oxygen atoms in total. The third kappa shape index (κ3) is 4.96. The molecule has 0 aromatic heterocycles. The average Bonchev–Trinajstić information content (AvgIpc) is 3.31. The second kappa shape index (κ2) is 10.1. The largest absolute Gasteiger partial charge is 0.492 e. The Labute approximate surface area is 190 Å². The first kappa shape index (κ1) is 22.1. The van der Waals surface area contributed by atoms with Gasteiger partial charge in [0.25, 0.3) is 5.91 Å². The van der Waals surface area contributed by atoms with Gasteiger partial charge in [-0.25, -0.2) is 0 Å². The predicted molar refractivity (Wildman–Crippen MR) is 120 cm³/mol. The van der Waals surface area contributed by atoms with Crippen molar-refractivity contribution in [3.8, 4) is 5.75 Å². The van der Waals surface area contributed by atoms with Crippen LogP contribution in [0.1, 0.15) is 48.9 Å². The molecule has 1 aromatic rings. The normalized spacial score (nSPS) is 27.0. The smallest absolute Gasteiger partial charge is 0.257 e. The molecule has 0 bridgehead atoms. The SMILES string of the molecule is O=C(c1ccccc1OCC1CCCN(C2CCC3(CC2)OCCO3)C1)N1CCOCC1. The first-order valence-corrected chi connectivity index (χ1v) is 12.3. The monoisotopic (exact) mass is 444 g/mol. The van der Waals surface area contributed by atoms with Gasteiger partial charge in [-0.3, -0.25) is 9.69 Å². The first-order valence-electron chi connectivity index (χ1n) is 12.3. The summed E-state index contributed by atoms with van der Waals surface area (Å²) in [6, 6.07) is 8.29. The van der Waals surface area contributed by atoms with E-state index in [0.717, 1.165) is 45.4 Å². The fourth-order valence-corrected chi connectivity index (χ4v) is 5.67. The van der Waals surface area contributed by atoms with Crippen molar-refractivity contribution < 1.29 is 23.7 Å². The van der Waals surface area contributed by atoms with Crippen LogP contribution in [0, 0.1) is 5.92 Å². The Kier molecular flexibility index (Phi) is 6.97. The van der Waals surface area contributed by atoms with Crippen LogP contribution >= 0.6 is 0 Å². The number of amides is 1. The van der Waals surface area contributed by atoms with E-state index in [2.05, 4.69) is 4.90 Å². The maximum atomic E-state index is 13.0. The quantitative estimate of drug-likeness (QED) is 0.696. The molecule has 7 heteroatoms. The third-order valence-corrected chi connectivity index (χ3v) is 7.49. The summed E-state index contributed by atoms with van der Waals surface area (Å²) in [5, 5.41) is 0. The lowest BCUT2D eigenvalue weighted by molar-refractivity contribution is -0.184. The van der Waals surface area contributed by atoms with E-state index in [0.29, 0.717) is 56.2 Å². The van der Waals surface area contributed by atoms with Gasteiger partial charge in [0.2, 0.25) is 0 Å². The summed E-state index contributed by atoms with van der Waals surface area (Å²) in [6.45, 7) is 6.87. The molecule has 4 fully saturated rings. The maximum Gasteiger partial charge on any atom is 0.257 e. The number of hydrogen-bond donors (Lipinski definition) is 0. The topological polar surface area (TPSA) is 60.5 Å². The average molecular weight is 445 g/mol. The lowest BCUT2D eigenvalue weighted by Gasteiger charge is -2.43. The van der Waals surface area contributed by atoms with Crippen LogP contribution < -0.4 is 4.74 Å². The van der Waals surface area contributed by atoms with Crippen molar-refractivity contribution in [2.75, 3.05) is 59.2 Å². The number of likely N-dealkylation sites (tertiary alicyclic amines) is 1. The van der Waals surface area contributed by atoms with Crippen LogP contribution in [0.4, 0.5) is 0 Å². The van der Waals surface area contributed by atoms with E-state index in [-0.39, 0.29) is 11.7 Å². The molecule has 3 heterocycles. The number of carbonyl (C=O) groups excluding carboxylic acids is 1. The highest BCUT2D eigenvalue weighted by molar-refractivity contribution is 5.97. The molecule has 1 unspecified atom stereocenters. The number of rotatable bonds is 5. The van der Waals surface area contributed by atoms with Crippen LogP contribution in [-0.4, -0.2) is 86.7 Å². The van der Waals surface area contributed by atoms with E-state index < -0.39 is 0 Å². The number of nitrogens with zero attached hydrogens (tertiary/aromatic N) is 2. The standard InChI is InChI=1S/C25H36N2O5/c28-24(26-12-14-29-15-13-26)22-5-1-2-6-23(22)30-19-20-4-3-11-27(18-20)21-7-9-25(10-8-21)31-16-17-32-25/h1-2,5-6,20-21H,3-4,7-19H2. The molecule has 0 radical (unpaired) electrons. The Morgan fingerprint density at radius 3 is 2.53 bits per heavy atom. The van der Waals surface area contributed by atoms with E-state index in [1.807, 2.05) is 29.2 Å². The molecule has 1 aliphatic carbocycles. The second-order valence-electron chi connectivity index (χ2n) is 9.55. The number of carbonyl (C=O) groups is 1. The van der Waals surface area contributed by atoms with Crippen molar-refractivity contribution in [2.24, 2.45) is 5.92 Å². The summed E-state index contributed by atoms with van der Waals surface area (Å²) in [7, 11) is 0. The van der Waals surface area contributed by atoms with Gasteiger partial charge in [0.05, 0.1) is 38.6 Å². The minimum Gasteiger partial charge on any atom is -0.492 e. The van der Waals surface area contributed by atoms with Crippen LogP contribution in [0.25, 0.3) is 0 Å². The summed E-state index contributed by atoms with van der Waals surface area (Å²) in [5.74, 6) is 0.953. The molecule has 3 saturated heterocycles. The number of ether oxygens (including phenoxy) is 4. The molecule has 3 aliphatic heterocycles. The van der Waals surface area contributed by atoms with Crippen molar-refractivity contribution in [1.29, 1.82) is 0 Å². The molecule has 1 amide bonds. The Bertz CT molecular complexity index is 765. The molecule has 1 aromatic carbocycles. The zero-order chi connectivity index (χ0) is 21.8. The summed E-state index contributed by atoms with van der Waals surface area (Å²) >= 11 is 0. The van der Waals surface area contributed by atoms with Gasteiger partial charge in [-0.1, -0.05) is 12.1 Å². The molecular formula is C25H36N2O5. The first-order chi connectivity index (χ1) is 15.7. The fraction of sp³-hybridized carbons (Fsp3) is 0.720. The van der Waals surface area contributed by atoms with Gasteiger partial charge in [0.1, 0.15) is 5.75 Å². The van der Waals surface area contributed by atoms with E-state index in [1.54, 1.807) is 0 Å². The number of hydrogen-bond acceptors (Lipinski definition) is 6. The van der Waals surface area contributed by atoms with Crippen molar-refractivity contribution >= 4 is 5.91 Å². The van der Waals surface area contributed by atoms with Crippen molar-refractivity contribution in [3.63, 3.8) is 0 Å². The highest BCUT2D eigenvalue weighted by Crippen LogP contribution is 2.38. The molecule has 1 saturated carbocycles. The summed E-state index contributed by atoms with van der Waals surface area (Å²) in [6.07, 6.45) is 6.68. The number of morpholine rings is 1. The summed E-state index contributed by atoms with van der Waals surface area (Å²) in [5.41, 5.74) is 0.663. The van der Waals surface area contributed by atoms with Crippen LogP contribution in [0.2, 0.25) is 0 Å². The van der Waals surface area contributed by atoms with Gasteiger partial charge < -0.3 is 23.8 Å². The number of benzene rings is 1. The molecule has 1 spiro atoms. The third-order valence-electron chi connectivity index (χ3n) is 7.49. The molecular weight excluding hydrogens is 408 g/mol. The highest BCUT2D eigenvalue weighted by atomic mass is 16.7. The molecule has 176 valence electrons. The zero-order valence-corrected chi connectivity index (χ0v) is 19.0. The second-order valence-corrected chi connectivity index (χ2v) is 9.55. The molecule has 32 heavy (non-hydrogen) atoms. The molecule has 5 rings (SSSR count). The highest BCUT2D eigenvalue weighted by Gasteiger charge is 2.42. The van der Waals surface area contributed by atoms with Gasteiger partial charge >= 0.3 is 0 Å². The van der Waals surface area contributed by atoms with Crippen LogP contribution in [0.15, 0.2) is 24.3 Å². The van der Waals surface area contributed by atoms with E-state index in [9.17, 15) is 4.79 Å². The van der Waals surface area contributed by atoms with Crippen LogP contribution in [0.5, 0.6) is 5.75 Å². The minimum absolute atomic E-state index is 0.0432. The Balaban J connectivity index is 1.15. The Morgan fingerprint density at radius 2 is 1.75 bits per heavy atom. The molecule has 1 atom stereocenters. The lowest BCUT2D eigenvalue weighted by Crippen LogP contribution is -2.48. The van der Waals surface area contributed by atoms with Gasteiger partial charge in [0, 0.05) is 44.4 Å². The molecule has 0 N–H and O–H groups in total. The summed E-state index contributed by atoms with van der Waals surface area (Å²) < 4.78 is 23.4. The minimum atomic E-state index is -0.286. The zero-order valence-electron chi connectivity index (χ0n) is 19.0. The van der Waals surface area contributed by atoms with E-state index in [1.165, 1.54) is 19.4 Å². The van der Waals surface area contributed by atoms with Gasteiger partial charge in [-0.15, -0.1) is 0 Å². The van der Waals surface area contributed by atoms with Gasteiger partial charge in [0.15, 0.2) is 5.79 Å².